The van der Waals surface area contributed by atoms with Crippen LogP contribution in [0, 0.1) is 18.3 Å². The molecule has 0 unspecified atom stereocenters. The predicted molar refractivity (Wildman–Crippen MR) is 135 cm³/mol. The van der Waals surface area contributed by atoms with Gasteiger partial charge in [0.2, 0.25) is 0 Å². The monoisotopic (exact) mass is 495 g/mol. The molecule has 9 heteroatoms. The van der Waals surface area contributed by atoms with Crippen LogP contribution in [0.15, 0.2) is 41.9 Å². The van der Waals surface area contributed by atoms with Gasteiger partial charge >= 0.3 is 11.9 Å². The maximum atomic E-state index is 12.7. The number of benzene rings is 1. The molecule has 34 heavy (non-hydrogen) atoms. The normalized spacial score (nSPS) is 11.6. The fourth-order valence-corrected chi connectivity index (χ4v) is 4.84. The van der Waals surface area contributed by atoms with Crippen molar-refractivity contribution < 1.29 is 19.1 Å². The lowest BCUT2D eigenvalue weighted by atomic mass is 10.1. The first kappa shape index (κ1) is 25.1. The largest absolute Gasteiger partial charge is 0.462 e. The van der Waals surface area contributed by atoms with E-state index in [1.807, 2.05) is 35.7 Å². The van der Waals surface area contributed by atoms with Crippen molar-refractivity contribution >= 4 is 45.2 Å². The Morgan fingerprint density at radius 1 is 1.21 bits per heavy atom. The Hall–Kier alpha value is -3.48. The number of rotatable bonds is 7. The second-order valence-electron chi connectivity index (χ2n) is 8.20. The van der Waals surface area contributed by atoms with Crippen molar-refractivity contribution in [2.75, 3.05) is 11.9 Å². The van der Waals surface area contributed by atoms with Gasteiger partial charge in [-0.15, -0.1) is 22.7 Å². The molecule has 1 N–H and O–H groups in total. The van der Waals surface area contributed by atoms with E-state index in [0.717, 1.165) is 22.6 Å². The molecule has 2 heterocycles. The first-order valence-corrected chi connectivity index (χ1v) is 12.3. The van der Waals surface area contributed by atoms with Crippen LogP contribution in [0.2, 0.25) is 0 Å². The number of allylic oxidation sites excluding steroid dienone is 1. The molecule has 0 saturated heterocycles. The number of aromatic nitrogens is 1. The van der Waals surface area contributed by atoms with Gasteiger partial charge in [0.15, 0.2) is 0 Å². The van der Waals surface area contributed by atoms with Crippen LogP contribution in [0.5, 0.6) is 0 Å². The summed E-state index contributed by atoms with van der Waals surface area (Å²) >= 11 is 2.43. The van der Waals surface area contributed by atoms with Crippen molar-refractivity contribution in [3.63, 3.8) is 0 Å². The third kappa shape index (κ3) is 5.90. The third-order valence-electron chi connectivity index (χ3n) is 4.48. The Bertz CT molecular complexity index is 1260. The summed E-state index contributed by atoms with van der Waals surface area (Å²) in [6, 6.07) is 11.8. The van der Waals surface area contributed by atoms with Crippen LogP contribution >= 0.6 is 22.7 Å². The van der Waals surface area contributed by atoms with Crippen molar-refractivity contribution in [3.8, 4) is 17.3 Å². The number of ether oxygens (including phenoxy) is 2. The number of nitrogens with zero attached hydrogens (tertiary/aromatic N) is 2. The number of hydrogen-bond acceptors (Lipinski definition) is 9. The average Bonchev–Trinajstić information content (AvgIpc) is 3.39. The van der Waals surface area contributed by atoms with E-state index < -0.39 is 17.5 Å². The van der Waals surface area contributed by atoms with E-state index in [-0.39, 0.29) is 12.2 Å². The van der Waals surface area contributed by atoms with E-state index >= 15 is 0 Å². The summed E-state index contributed by atoms with van der Waals surface area (Å²) in [6.07, 6.45) is 1.49. The lowest BCUT2D eigenvalue weighted by molar-refractivity contribution is 0.00745. The summed E-state index contributed by atoms with van der Waals surface area (Å²) in [6.45, 7) is 8.91. The van der Waals surface area contributed by atoms with E-state index in [2.05, 4.69) is 16.4 Å². The van der Waals surface area contributed by atoms with E-state index in [9.17, 15) is 14.9 Å². The first-order valence-electron chi connectivity index (χ1n) is 10.6. The highest BCUT2D eigenvalue weighted by molar-refractivity contribution is 7.18. The molecule has 0 saturated carbocycles. The lowest BCUT2D eigenvalue weighted by Crippen LogP contribution is -2.23. The van der Waals surface area contributed by atoms with Gasteiger partial charge in [0.05, 0.1) is 17.9 Å². The van der Waals surface area contributed by atoms with E-state index in [1.54, 1.807) is 34.6 Å². The molecule has 0 fully saturated rings. The van der Waals surface area contributed by atoms with Crippen LogP contribution in [-0.2, 0) is 9.47 Å². The minimum Gasteiger partial charge on any atom is -0.462 e. The summed E-state index contributed by atoms with van der Waals surface area (Å²) in [5.74, 6) is -1.08. The molecule has 1 aromatic carbocycles. The number of hydrogen-bond donors (Lipinski definition) is 1. The Balaban J connectivity index is 1.94. The van der Waals surface area contributed by atoms with Gasteiger partial charge in [-0.3, -0.25) is 0 Å². The summed E-state index contributed by atoms with van der Waals surface area (Å²) in [5, 5.41) is 15.6. The van der Waals surface area contributed by atoms with Gasteiger partial charge in [0.25, 0.3) is 0 Å². The molecule has 0 amide bonds. The molecule has 0 bridgehead atoms. The van der Waals surface area contributed by atoms with Gasteiger partial charge in [0.1, 0.15) is 32.1 Å². The zero-order valence-corrected chi connectivity index (χ0v) is 21.2. The second kappa shape index (κ2) is 10.6. The number of carbonyl (C=O) groups is 2. The van der Waals surface area contributed by atoms with Crippen molar-refractivity contribution in [1.82, 2.24) is 4.98 Å². The summed E-state index contributed by atoms with van der Waals surface area (Å²) in [5.41, 5.74) is 2.05. The quantitative estimate of drug-likeness (QED) is 0.304. The molecular formula is C25H25N3O4S2. The maximum Gasteiger partial charge on any atom is 0.349 e. The van der Waals surface area contributed by atoms with Crippen molar-refractivity contribution in [3.05, 3.63) is 62.9 Å². The number of carbonyl (C=O) groups excluding carboxylic acids is 2. The van der Waals surface area contributed by atoms with E-state index in [4.69, 9.17) is 9.47 Å². The van der Waals surface area contributed by atoms with Gasteiger partial charge in [-0.25, -0.2) is 14.6 Å². The van der Waals surface area contributed by atoms with Gasteiger partial charge in [0, 0.05) is 17.1 Å². The minimum absolute atomic E-state index is 0.190. The van der Waals surface area contributed by atoms with Crippen LogP contribution in [0.4, 0.5) is 5.00 Å². The Labute approximate surface area is 206 Å². The number of nitriles is 1. The van der Waals surface area contributed by atoms with Crippen LogP contribution in [0.25, 0.3) is 16.8 Å². The Morgan fingerprint density at radius 3 is 2.53 bits per heavy atom. The fraction of sp³-hybridized carbons (Fsp3) is 0.280. The molecule has 3 rings (SSSR count). The van der Waals surface area contributed by atoms with Crippen LogP contribution in [0.1, 0.15) is 58.3 Å². The highest BCUT2D eigenvalue weighted by atomic mass is 32.1. The SMILES string of the molecule is CCOC(=O)c1c(N/C=C(/C#N)c2nc(-c3ccccc3)cs2)sc(C(=O)OC(C)(C)C)c1C. The molecule has 0 atom stereocenters. The minimum atomic E-state index is -0.680. The third-order valence-corrected chi connectivity index (χ3v) is 6.56. The van der Waals surface area contributed by atoms with Crippen molar-refractivity contribution in [2.24, 2.45) is 0 Å². The molecule has 0 aliphatic heterocycles. The topological polar surface area (TPSA) is 101 Å². The van der Waals surface area contributed by atoms with Gasteiger partial charge in [-0.2, -0.15) is 5.26 Å². The molecule has 176 valence electrons. The highest BCUT2D eigenvalue weighted by Crippen LogP contribution is 2.35. The van der Waals surface area contributed by atoms with Crippen LogP contribution in [-0.4, -0.2) is 29.1 Å². The predicted octanol–water partition coefficient (Wildman–Crippen LogP) is 6.29. The maximum absolute atomic E-state index is 12.7. The average molecular weight is 496 g/mol. The van der Waals surface area contributed by atoms with Crippen LogP contribution in [0.3, 0.4) is 0 Å². The number of thiophene rings is 1. The molecule has 7 nitrogen and oxygen atoms in total. The van der Waals surface area contributed by atoms with Gasteiger partial charge in [-0.1, -0.05) is 30.3 Å². The Kier molecular flexibility index (Phi) is 7.87. The van der Waals surface area contributed by atoms with Crippen molar-refractivity contribution in [2.45, 2.75) is 40.2 Å². The fourth-order valence-electron chi connectivity index (χ4n) is 3.00. The Morgan fingerprint density at radius 2 is 1.91 bits per heavy atom. The standard InChI is InChI=1S/C25H25N3O4S2/c1-6-31-23(29)19-15(2)20(24(30)32-25(3,4)5)34-22(19)27-13-17(12-26)21-28-18(14-33-21)16-10-8-7-9-11-16/h7-11,13-14,27H,6H2,1-5H3/b17-13-. The van der Waals surface area contributed by atoms with Crippen molar-refractivity contribution in [1.29, 1.82) is 5.26 Å². The summed E-state index contributed by atoms with van der Waals surface area (Å²) < 4.78 is 10.7. The summed E-state index contributed by atoms with van der Waals surface area (Å²) in [7, 11) is 0. The molecule has 0 aliphatic carbocycles. The molecule has 3 aromatic rings. The molecule has 0 radical (unpaired) electrons. The summed E-state index contributed by atoms with van der Waals surface area (Å²) in [4.78, 5) is 30.2. The smallest absolute Gasteiger partial charge is 0.349 e. The first-order chi connectivity index (χ1) is 16.1. The zero-order chi connectivity index (χ0) is 24.9. The molecular weight excluding hydrogens is 470 g/mol. The number of anilines is 1. The lowest BCUT2D eigenvalue weighted by Gasteiger charge is -2.19. The van der Waals surface area contributed by atoms with E-state index in [1.165, 1.54) is 17.5 Å². The second-order valence-corrected chi connectivity index (χ2v) is 10.1. The number of nitrogens with one attached hydrogen (secondary N) is 1. The molecule has 0 spiro atoms. The van der Waals surface area contributed by atoms with E-state index in [0.29, 0.717) is 26.0 Å². The number of thiazole rings is 1. The van der Waals surface area contributed by atoms with Gasteiger partial charge < -0.3 is 14.8 Å². The number of esters is 2. The van der Waals surface area contributed by atoms with Gasteiger partial charge in [-0.05, 0) is 40.2 Å². The van der Waals surface area contributed by atoms with Crippen LogP contribution < -0.4 is 5.32 Å². The molecule has 2 aromatic heterocycles. The molecule has 0 aliphatic rings. The highest BCUT2D eigenvalue weighted by Gasteiger charge is 2.28. The zero-order valence-electron chi connectivity index (χ0n) is 19.6.